The summed E-state index contributed by atoms with van der Waals surface area (Å²) in [5.41, 5.74) is 0.872. The molecule has 1 saturated heterocycles. The van der Waals surface area contributed by atoms with Gasteiger partial charge in [0.1, 0.15) is 5.75 Å². The molecule has 1 fully saturated rings. The summed E-state index contributed by atoms with van der Waals surface area (Å²) in [6.45, 7) is 0. The molecule has 0 aromatic heterocycles. The van der Waals surface area contributed by atoms with Gasteiger partial charge in [-0.2, -0.15) is 0 Å². The SMILES string of the molecule is COc1ccc(/C=C2\SC(=O)N(c3cccc(O)c3)C2=O)c(OC)c1OC. The van der Waals surface area contributed by atoms with Crippen LogP contribution in [0.4, 0.5) is 10.5 Å². The van der Waals surface area contributed by atoms with Crippen LogP contribution < -0.4 is 19.1 Å². The minimum Gasteiger partial charge on any atom is -0.508 e. The van der Waals surface area contributed by atoms with Crippen molar-refractivity contribution in [1.29, 1.82) is 0 Å². The highest BCUT2D eigenvalue weighted by Crippen LogP contribution is 2.43. The lowest BCUT2D eigenvalue weighted by molar-refractivity contribution is -0.113. The zero-order valence-electron chi connectivity index (χ0n) is 14.9. The van der Waals surface area contributed by atoms with Crippen molar-refractivity contribution < 1.29 is 28.9 Å². The van der Waals surface area contributed by atoms with Crippen LogP contribution in [0.5, 0.6) is 23.0 Å². The molecule has 2 aromatic carbocycles. The third kappa shape index (κ3) is 3.43. The Morgan fingerprint density at radius 2 is 1.74 bits per heavy atom. The van der Waals surface area contributed by atoms with E-state index in [0.29, 0.717) is 28.5 Å². The highest BCUT2D eigenvalue weighted by molar-refractivity contribution is 8.19. The van der Waals surface area contributed by atoms with Gasteiger partial charge in [-0.15, -0.1) is 0 Å². The molecular formula is C19H17NO6S. The Bertz CT molecular complexity index is 940. The van der Waals surface area contributed by atoms with E-state index in [1.54, 1.807) is 30.3 Å². The number of ether oxygens (including phenoxy) is 3. The van der Waals surface area contributed by atoms with Crippen molar-refractivity contribution in [2.24, 2.45) is 0 Å². The van der Waals surface area contributed by atoms with E-state index < -0.39 is 11.1 Å². The lowest BCUT2D eigenvalue weighted by Crippen LogP contribution is -2.27. The number of aromatic hydroxyl groups is 1. The zero-order valence-corrected chi connectivity index (χ0v) is 15.7. The van der Waals surface area contributed by atoms with Crippen molar-refractivity contribution in [3.8, 4) is 23.0 Å². The van der Waals surface area contributed by atoms with Crippen LogP contribution in [0.1, 0.15) is 5.56 Å². The molecule has 0 saturated carbocycles. The van der Waals surface area contributed by atoms with Gasteiger partial charge in [0.05, 0.1) is 31.9 Å². The van der Waals surface area contributed by atoms with E-state index >= 15 is 0 Å². The topological polar surface area (TPSA) is 85.3 Å². The van der Waals surface area contributed by atoms with E-state index in [2.05, 4.69) is 0 Å². The molecule has 1 heterocycles. The summed E-state index contributed by atoms with van der Waals surface area (Å²) < 4.78 is 16.0. The number of nitrogens with zero attached hydrogens (tertiary/aromatic N) is 1. The number of imide groups is 1. The smallest absolute Gasteiger partial charge is 0.298 e. The average molecular weight is 387 g/mol. The number of hydrogen-bond donors (Lipinski definition) is 1. The van der Waals surface area contributed by atoms with Crippen molar-refractivity contribution in [3.05, 3.63) is 46.9 Å². The quantitative estimate of drug-likeness (QED) is 0.784. The Kier molecular flexibility index (Phi) is 5.27. The molecule has 0 bridgehead atoms. The van der Waals surface area contributed by atoms with Crippen molar-refractivity contribution in [2.45, 2.75) is 0 Å². The second-order valence-electron chi connectivity index (χ2n) is 5.46. The summed E-state index contributed by atoms with van der Waals surface area (Å²) >= 11 is 0.809. The van der Waals surface area contributed by atoms with Gasteiger partial charge in [-0.1, -0.05) is 6.07 Å². The molecule has 140 valence electrons. The van der Waals surface area contributed by atoms with Crippen LogP contribution in [-0.4, -0.2) is 37.6 Å². The Morgan fingerprint density at radius 3 is 2.37 bits per heavy atom. The first kappa shape index (κ1) is 18.7. The molecule has 0 spiro atoms. The number of rotatable bonds is 5. The normalized spacial score (nSPS) is 15.4. The Balaban J connectivity index is 2.01. The number of carbonyl (C=O) groups is 2. The van der Waals surface area contributed by atoms with Crippen LogP contribution in [-0.2, 0) is 4.79 Å². The lowest BCUT2D eigenvalue weighted by Gasteiger charge is -2.14. The van der Waals surface area contributed by atoms with Gasteiger partial charge in [-0.05, 0) is 42.1 Å². The fourth-order valence-corrected chi connectivity index (χ4v) is 3.53. The third-order valence-electron chi connectivity index (χ3n) is 3.90. The molecule has 3 rings (SSSR count). The minimum atomic E-state index is -0.479. The van der Waals surface area contributed by atoms with E-state index in [0.717, 1.165) is 16.7 Å². The highest BCUT2D eigenvalue weighted by atomic mass is 32.2. The van der Waals surface area contributed by atoms with Crippen molar-refractivity contribution in [1.82, 2.24) is 0 Å². The molecule has 2 amide bonds. The van der Waals surface area contributed by atoms with Gasteiger partial charge in [-0.25, -0.2) is 4.90 Å². The van der Waals surface area contributed by atoms with Gasteiger partial charge in [0, 0.05) is 11.6 Å². The van der Waals surface area contributed by atoms with Crippen molar-refractivity contribution >= 4 is 34.7 Å². The molecule has 1 aliphatic rings. The molecule has 8 heteroatoms. The van der Waals surface area contributed by atoms with Crippen molar-refractivity contribution in [2.75, 3.05) is 26.2 Å². The number of anilines is 1. The third-order valence-corrected chi connectivity index (χ3v) is 4.77. The molecule has 2 aromatic rings. The monoisotopic (exact) mass is 387 g/mol. The second-order valence-corrected chi connectivity index (χ2v) is 6.45. The summed E-state index contributed by atoms with van der Waals surface area (Å²) in [6.07, 6.45) is 1.56. The van der Waals surface area contributed by atoms with Crippen LogP contribution in [0.25, 0.3) is 6.08 Å². The number of carbonyl (C=O) groups excluding carboxylic acids is 2. The van der Waals surface area contributed by atoms with E-state index in [9.17, 15) is 14.7 Å². The zero-order chi connectivity index (χ0) is 19.6. The van der Waals surface area contributed by atoms with E-state index in [-0.39, 0.29) is 10.7 Å². The first-order valence-electron chi connectivity index (χ1n) is 7.86. The van der Waals surface area contributed by atoms with Crippen LogP contribution in [0, 0.1) is 0 Å². The number of hydrogen-bond acceptors (Lipinski definition) is 7. The standard InChI is InChI=1S/C19H17NO6S/c1-24-14-8-7-11(16(25-2)17(14)26-3)9-15-18(22)20(19(23)27-15)12-5-4-6-13(21)10-12/h4-10,21H,1-3H3/b15-9-. The average Bonchev–Trinajstić information content (AvgIpc) is 2.94. The number of phenolic OH excluding ortho intramolecular Hbond substituents is 1. The van der Waals surface area contributed by atoms with Gasteiger partial charge in [0.15, 0.2) is 11.5 Å². The maximum absolute atomic E-state index is 12.7. The molecule has 0 unspecified atom stereocenters. The molecule has 27 heavy (non-hydrogen) atoms. The Morgan fingerprint density at radius 1 is 1.00 bits per heavy atom. The van der Waals surface area contributed by atoms with Crippen LogP contribution in [0.15, 0.2) is 41.3 Å². The minimum absolute atomic E-state index is 0.0305. The van der Waals surface area contributed by atoms with Gasteiger partial charge in [0.2, 0.25) is 5.75 Å². The van der Waals surface area contributed by atoms with E-state index in [4.69, 9.17) is 14.2 Å². The Labute approximate surface area is 160 Å². The number of amides is 2. The fraction of sp³-hybridized carbons (Fsp3) is 0.158. The molecule has 0 atom stereocenters. The molecule has 0 aliphatic carbocycles. The van der Waals surface area contributed by atoms with E-state index in [1.165, 1.54) is 33.5 Å². The molecule has 1 N–H and O–H groups in total. The van der Waals surface area contributed by atoms with Gasteiger partial charge in [-0.3, -0.25) is 9.59 Å². The summed E-state index contributed by atoms with van der Waals surface area (Å²) in [7, 11) is 4.48. The summed E-state index contributed by atoms with van der Waals surface area (Å²) in [4.78, 5) is 26.3. The molecule has 0 radical (unpaired) electrons. The first-order valence-corrected chi connectivity index (χ1v) is 8.67. The second kappa shape index (κ2) is 7.63. The first-order chi connectivity index (χ1) is 13.0. The van der Waals surface area contributed by atoms with Gasteiger partial charge < -0.3 is 19.3 Å². The Hall–Kier alpha value is -3.13. The number of thioether (sulfide) groups is 1. The van der Waals surface area contributed by atoms with Crippen LogP contribution >= 0.6 is 11.8 Å². The van der Waals surface area contributed by atoms with Gasteiger partial charge >= 0.3 is 0 Å². The summed E-state index contributed by atoms with van der Waals surface area (Å²) in [5, 5.41) is 9.16. The van der Waals surface area contributed by atoms with Crippen molar-refractivity contribution in [3.63, 3.8) is 0 Å². The predicted molar refractivity (Wildman–Crippen MR) is 103 cm³/mol. The highest BCUT2D eigenvalue weighted by Gasteiger charge is 2.36. The fourth-order valence-electron chi connectivity index (χ4n) is 2.70. The number of methoxy groups -OCH3 is 3. The van der Waals surface area contributed by atoms with Crippen LogP contribution in [0.2, 0.25) is 0 Å². The largest absolute Gasteiger partial charge is 0.508 e. The van der Waals surface area contributed by atoms with Crippen LogP contribution in [0.3, 0.4) is 0 Å². The molecule has 7 nitrogen and oxygen atoms in total. The maximum atomic E-state index is 12.7. The predicted octanol–water partition coefficient (Wildman–Crippen LogP) is 3.66. The maximum Gasteiger partial charge on any atom is 0.298 e. The summed E-state index contributed by atoms with van der Waals surface area (Å²) in [6, 6.07) is 9.36. The number of phenols is 1. The molecule has 1 aliphatic heterocycles. The van der Waals surface area contributed by atoms with E-state index in [1.807, 2.05) is 0 Å². The van der Waals surface area contributed by atoms with Gasteiger partial charge in [0.25, 0.3) is 11.1 Å². The number of benzene rings is 2. The molecular weight excluding hydrogens is 370 g/mol. The lowest BCUT2D eigenvalue weighted by atomic mass is 10.1. The summed E-state index contributed by atoms with van der Waals surface area (Å²) in [5.74, 6) is 0.755.